The van der Waals surface area contributed by atoms with Crippen LogP contribution in [0.2, 0.25) is 0 Å². The molecule has 132 valence electrons. The molecule has 1 aliphatic heterocycles. The molecule has 2 rings (SSSR count). The SMILES string of the molecule is CC(C)N(C(=O)CN)C1CCN(C(=O)OCc2ccccc2)CC1. The third kappa shape index (κ3) is 4.71. The Bertz CT molecular complexity index is 540. The Balaban J connectivity index is 1.83. The largest absolute Gasteiger partial charge is 0.445 e. The highest BCUT2D eigenvalue weighted by atomic mass is 16.6. The molecule has 1 heterocycles. The average molecular weight is 333 g/mol. The number of nitrogens with two attached hydrogens (primary N) is 1. The molecule has 2 amide bonds. The minimum absolute atomic E-state index is 0.0253. The number of likely N-dealkylation sites (tertiary alicyclic amines) is 1. The summed E-state index contributed by atoms with van der Waals surface area (Å²) in [5.41, 5.74) is 6.48. The van der Waals surface area contributed by atoms with Gasteiger partial charge in [0.15, 0.2) is 0 Å². The van der Waals surface area contributed by atoms with E-state index in [4.69, 9.17) is 10.5 Å². The Hall–Kier alpha value is -2.08. The van der Waals surface area contributed by atoms with Crippen LogP contribution in [-0.2, 0) is 16.1 Å². The summed E-state index contributed by atoms with van der Waals surface area (Å²) in [4.78, 5) is 27.8. The second kappa shape index (κ2) is 8.68. The van der Waals surface area contributed by atoms with E-state index in [9.17, 15) is 9.59 Å². The molecule has 1 aromatic carbocycles. The van der Waals surface area contributed by atoms with Crippen molar-refractivity contribution in [1.29, 1.82) is 0 Å². The van der Waals surface area contributed by atoms with Crippen LogP contribution in [0.3, 0.4) is 0 Å². The van der Waals surface area contributed by atoms with Gasteiger partial charge in [-0.05, 0) is 32.3 Å². The van der Waals surface area contributed by atoms with E-state index in [-0.39, 0.29) is 37.2 Å². The molecule has 0 aromatic heterocycles. The molecule has 1 aromatic rings. The van der Waals surface area contributed by atoms with E-state index in [1.165, 1.54) is 0 Å². The third-order valence-electron chi connectivity index (χ3n) is 4.34. The first-order valence-corrected chi connectivity index (χ1v) is 8.49. The lowest BCUT2D eigenvalue weighted by Gasteiger charge is -2.40. The summed E-state index contributed by atoms with van der Waals surface area (Å²) in [7, 11) is 0. The zero-order chi connectivity index (χ0) is 17.5. The summed E-state index contributed by atoms with van der Waals surface area (Å²) in [5.74, 6) is -0.0323. The standard InChI is InChI=1S/C18H27N3O3/c1-14(2)21(17(22)12-19)16-8-10-20(11-9-16)18(23)24-13-15-6-4-3-5-7-15/h3-7,14,16H,8-13,19H2,1-2H3. The lowest BCUT2D eigenvalue weighted by molar-refractivity contribution is -0.134. The molecular formula is C18H27N3O3. The van der Waals surface area contributed by atoms with Crippen molar-refractivity contribution < 1.29 is 14.3 Å². The van der Waals surface area contributed by atoms with Crippen LogP contribution in [0.1, 0.15) is 32.3 Å². The molecule has 1 saturated heterocycles. The molecule has 6 nitrogen and oxygen atoms in total. The van der Waals surface area contributed by atoms with Gasteiger partial charge in [0.1, 0.15) is 6.61 Å². The van der Waals surface area contributed by atoms with Gasteiger partial charge in [-0.15, -0.1) is 0 Å². The van der Waals surface area contributed by atoms with E-state index in [0.717, 1.165) is 18.4 Å². The van der Waals surface area contributed by atoms with E-state index in [1.807, 2.05) is 49.1 Å². The lowest BCUT2D eigenvalue weighted by atomic mass is 10.0. The van der Waals surface area contributed by atoms with Crippen molar-refractivity contribution in [2.45, 2.75) is 45.4 Å². The monoisotopic (exact) mass is 333 g/mol. The second-order valence-electron chi connectivity index (χ2n) is 6.36. The Labute approximate surface area is 143 Å². The summed E-state index contributed by atoms with van der Waals surface area (Å²) in [6.45, 7) is 5.49. The number of carbonyl (C=O) groups is 2. The van der Waals surface area contributed by atoms with Gasteiger partial charge < -0.3 is 20.3 Å². The molecule has 0 radical (unpaired) electrons. The Morgan fingerprint density at radius 3 is 2.42 bits per heavy atom. The zero-order valence-electron chi connectivity index (χ0n) is 14.5. The Morgan fingerprint density at radius 1 is 1.25 bits per heavy atom. The van der Waals surface area contributed by atoms with Crippen molar-refractivity contribution in [1.82, 2.24) is 9.80 Å². The number of amides is 2. The van der Waals surface area contributed by atoms with Gasteiger partial charge in [-0.3, -0.25) is 4.79 Å². The molecular weight excluding hydrogens is 306 g/mol. The van der Waals surface area contributed by atoms with Gasteiger partial charge in [-0.25, -0.2) is 4.79 Å². The van der Waals surface area contributed by atoms with E-state index in [2.05, 4.69) is 0 Å². The van der Waals surface area contributed by atoms with Crippen LogP contribution in [0.5, 0.6) is 0 Å². The van der Waals surface area contributed by atoms with E-state index >= 15 is 0 Å². The highest BCUT2D eigenvalue weighted by Gasteiger charge is 2.31. The summed E-state index contributed by atoms with van der Waals surface area (Å²) < 4.78 is 5.37. The summed E-state index contributed by atoms with van der Waals surface area (Å²) >= 11 is 0. The van der Waals surface area contributed by atoms with Crippen molar-refractivity contribution in [3.05, 3.63) is 35.9 Å². The highest BCUT2D eigenvalue weighted by molar-refractivity contribution is 5.78. The maximum atomic E-state index is 12.2. The number of rotatable bonds is 5. The van der Waals surface area contributed by atoms with Gasteiger partial charge in [0.05, 0.1) is 6.54 Å². The zero-order valence-corrected chi connectivity index (χ0v) is 14.5. The van der Waals surface area contributed by atoms with E-state index in [0.29, 0.717) is 13.1 Å². The molecule has 0 unspecified atom stereocenters. The molecule has 0 spiro atoms. The minimum Gasteiger partial charge on any atom is -0.445 e. The van der Waals surface area contributed by atoms with Gasteiger partial charge in [-0.2, -0.15) is 0 Å². The maximum Gasteiger partial charge on any atom is 0.410 e. The topological polar surface area (TPSA) is 75.9 Å². The van der Waals surface area contributed by atoms with Gasteiger partial charge in [0.2, 0.25) is 5.91 Å². The summed E-state index contributed by atoms with van der Waals surface area (Å²) in [5, 5.41) is 0. The van der Waals surface area contributed by atoms with E-state index in [1.54, 1.807) is 4.90 Å². The smallest absolute Gasteiger partial charge is 0.410 e. The van der Waals surface area contributed by atoms with Crippen LogP contribution in [0.15, 0.2) is 30.3 Å². The van der Waals surface area contributed by atoms with Crippen LogP contribution in [0, 0.1) is 0 Å². The molecule has 1 aliphatic rings. The van der Waals surface area contributed by atoms with Crippen LogP contribution < -0.4 is 5.73 Å². The van der Waals surface area contributed by atoms with Crippen LogP contribution >= 0.6 is 0 Å². The van der Waals surface area contributed by atoms with Crippen molar-refractivity contribution in [2.24, 2.45) is 5.73 Å². The molecule has 2 N–H and O–H groups in total. The van der Waals surface area contributed by atoms with Gasteiger partial charge in [0.25, 0.3) is 0 Å². The van der Waals surface area contributed by atoms with Gasteiger partial charge >= 0.3 is 6.09 Å². The maximum absolute atomic E-state index is 12.2. The first-order valence-electron chi connectivity index (χ1n) is 8.49. The molecule has 0 bridgehead atoms. The normalized spacial score (nSPS) is 15.4. The molecule has 6 heteroatoms. The number of piperidine rings is 1. The molecule has 24 heavy (non-hydrogen) atoms. The Kier molecular flexibility index (Phi) is 6.61. The van der Waals surface area contributed by atoms with Gasteiger partial charge in [-0.1, -0.05) is 30.3 Å². The highest BCUT2D eigenvalue weighted by Crippen LogP contribution is 2.20. The predicted octanol–water partition coefficient (Wildman–Crippen LogP) is 1.98. The minimum atomic E-state index is -0.293. The quantitative estimate of drug-likeness (QED) is 0.894. The molecule has 0 atom stereocenters. The van der Waals surface area contributed by atoms with Crippen molar-refractivity contribution in [3.63, 3.8) is 0 Å². The first-order chi connectivity index (χ1) is 11.5. The van der Waals surface area contributed by atoms with E-state index < -0.39 is 0 Å². The number of ether oxygens (including phenoxy) is 1. The first kappa shape index (κ1) is 18.3. The summed E-state index contributed by atoms with van der Waals surface area (Å²) in [6.07, 6.45) is 1.22. The van der Waals surface area contributed by atoms with Crippen LogP contribution in [0.4, 0.5) is 4.79 Å². The van der Waals surface area contributed by atoms with Crippen molar-refractivity contribution in [2.75, 3.05) is 19.6 Å². The number of hydrogen-bond acceptors (Lipinski definition) is 4. The number of nitrogens with zero attached hydrogens (tertiary/aromatic N) is 2. The fourth-order valence-electron chi connectivity index (χ4n) is 3.16. The third-order valence-corrected chi connectivity index (χ3v) is 4.34. The molecule has 0 aliphatic carbocycles. The summed E-state index contributed by atoms with van der Waals surface area (Å²) in [6, 6.07) is 9.88. The van der Waals surface area contributed by atoms with Crippen LogP contribution in [0.25, 0.3) is 0 Å². The lowest BCUT2D eigenvalue weighted by Crippen LogP contribution is -2.52. The van der Waals surface area contributed by atoms with Crippen LogP contribution in [-0.4, -0.2) is 53.5 Å². The molecule has 0 saturated carbocycles. The fraction of sp³-hybridized carbons (Fsp3) is 0.556. The van der Waals surface area contributed by atoms with Crippen molar-refractivity contribution in [3.8, 4) is 0 Å². The Morgan fingerprint density at radius 2 is 1.88 bits per heavy atom. The number of carbonyl (C=O) groups excluding carboxylic acids is 2. The molecule has 1 fully saturated rings. The van der Waals surface area contributed by atoms with Crippen molar-refractivity contribution >= 4 is 12.0 Å². The second-order valence-corrected chi connectivity index (χ2v) is 6.36. The fourth-order valence-corrected chi connectivity index (χ4v) is 3.16. The van der Waals surface area contributed by atoms with Gasteiger partial charge in [0, 0.05) is 25.2 Å². The average Bonchev–Trinajstić information content (AvgIpc) is 2.60. The number of hydrogen-bond donors (Lipinski definition) is 1. The predicted molar refractivity (Wildman–Crippen MR) is 92.3 cm³/mol. The number of benzene rings is 1.